The van der Waals surface area contributed by atoms with Crippen molar-refractivity contribution in [2.45, 2.75) is 51.1 Å². The smallest absolute Gasteiger partial charge is 0.254 e. The second-order valence-electron chi connectivity index (χ2n) is 11.5. The van der Waals surface area contributed by atoms with Crippen LogP contribution in [-0.4, -0.2) is 40.0 Å². The van der Waals surface area contributed by atoms with Crippen LogP contribution in [-0.2, 0) is 11.8 Å². The molecule has 10 nitrogen and oxygen atoms in total. The summed E-state index contributed by atoms with van der Waals surface area (Å²) in [7, 11) is 1.84. The summed E-state index contributed by atoms with van der Waals surface area (Å²) in [5.41, 5.74) is 6.02. The summed E-state index contributed by atoms with van der Waals surface area (Å²) in [6.07, 6.45) is 13.2. The number of carbonyl (C=O) groups is 1. The molecule has 1 fully saturated rings. The Kier molecular flexibility index (Phi) is 6.93. The Morgan fingerprint density at radius 1 is 0.930 bits per heavy atom. The van der Waals surface area contributed by atoms with Crippen LogP contribution in [0.25, 0.3) is 33.6 Å². The summed E-state index contributed by atoms with van der Waals surface area (Å²) in [4.78, 5) is 36.2. The number of nitrogens with zero attached hydrogens (tertiary/aromatic N) is 7. The first-order valence-corrected chi connectivity index (χ1v) is 15.0. The van der Waals surface area contributed by atoms with Gasteiger partial charge < -0.3 is 5.32 Å². The molecule has 2 unspecified atom stereocenters. The monoisotopic (exact) mass is 594 g/mol. The lowest BCUT2D eigenvalue weighted by atomic mass is 9.96. The predicted octanol–water partition coefficient (Wildman–Crippen LogP) is 5.91. The van der Waals surface area contributed by atoms with E-state index in [2.05, 4.69) is 15.5 Å². The van der Waals surface area contributed by atoms with Crippen molar-refractivity contribution >= 4 is 23.2 Å². The standard InChI is InChI=1S/C32H31ClN8O2/c1-19-4-3-5-29(27-12-20(10-11-34-27)31-28(38-32(19)43)16-36-39(31)2)40-18-35-26(14-30(40)42)25-13-22(33)6-9-24(25)21-15-37-41(17-21)23-7-8-23/h6,9-19,23,29H,3-5,7-8H2,1-2H3,(H,38,43). The first-order valence-electron chi connectivity index (χ1n) is 14.6. The van der Waals surface area contributed by atoms with Crippen LogP contribution in [0.2, 0.25) is 5.02 Å². The fraction of sp³-hybridized carbons (Fsp3) is 0.312. The van der Waals surface area contributed by atoms with Crippen LogP contribution >= 0.6 is 11.6 Å². The van der Waals surface area contributed by atoms with Gasteiger partial charge in [-0.2, -0.15) is 10.2 Å². The topological polar surface area (TPSA) is 113 Å². The average Bonchev–Trinajstić information content (AvgIpc) is 3.62. The van der Waals surface area contributed by atoms with E-state index in [1.54, 1.807) is 34.0 Å². The molecule has 1 aliphatic carbocycles. The maximum absolute atomic E-state index is 13.8. The minimum Gasteiger partial charge on any atom is -0.323 e. The predicted molar refractivity (Wildman–Crippen MR) is 165 cm³/mol. The number of hydrogen-bond acceptors (Lipinski definition) is 6. The highest BCUT2D eigenvalue weighted by Crippen LogP contribution is 2.38. The summed E-state index contributed by atoms with van der Waals surface area (Å²) in [5.74, 6) is -0.258. The minimum absolute atomic E-state index is 0.0520. The largest absolute Gasteiger partial charge is 0.323 e. The molecule has 1 N–H and O–H groups in total. The number of fused-ring (bicyclic) bond motifs is 4. The lowest BCUT2D eigenvalue weighted by Gasteiger charge is -2.22. The second-order valence-corrected chi connectivity index (χ2v) is 11.9. The molecule has 5 aromatic rings. The molecule has 1 aliphatic heterocycles. The van der Waals surface area contributed by atoms with E-state index in [1.165, 1.54) is 0 Å². The molecule has 1 amide bonds. The normalized spacial score (nSPS) is 18.8. The van der Waals surface area contributed by atoms with Crippen molar-refractivity contribution in [3.8, 4) is 33.6 Å². The summed E-state index contributed by atoms with van der Waals surface area (Å²) in [6.45, 7) is 1.92. The molecule has 2 aliphatic rings. The van der Waals surface area contributed by atoms with Crippen LogP contribution in [0.15, 0.2) is 72.3 Å². The van der Waals surface area contributed by atoms with Gasteiger partial charge in [-0.05, 0) is 55.5 Å². The highest BCUT2D eigenvalue weighted by Gasteiger charge is 2.26. The van der Waals surface area contributed by atoms with E-state index in [4.69, 9.17) is 21.6 Å². The Bertz CT molecular complexity index is 1900. The van der Waals surface area contributed by atoms with Crippen molar-refractivity contribution < 1.29 is 4.79 Å². The second kappa shape index (κ2) is 10.9. The molecule has 4 aromatic heterocycles. The summed E-state index contributed by atoms with van der Waals surface area (Å²) >= 11 is 6.42. The van der Waals surface area contributed by atoms with Crippen LogP contribution in [0.5, 0.6) is 0 Å². The van der Waals surface area contributed by atoms with Gasteiger partial charge in [0.15, 0.2) is 0 Å². The quantitative estimate of drug-likeness (QED) is 0.277. The lowest BCUT2D eigenvalue weighted by molar-refractivity contribution is -0.119. The number of halogens is 1. The maximum atomic E-state index is 13.8. The first kappa shape index (κ1) is 27.3. The number of pyridine rings is 1. The molecule has 11 heteroatoms. The van der Waals surface area contributed by atoms with E-state index in [-0.39, 0.29) is 23.4 Å². The lowest BCUT2D eigenvalue weighted by Crippen LogP contribution is -2.27. The zero-order chi connectivity index (χ0) is 29.7. The number of carbonyl (C=O) groups excluding carboxylic acids is 1. The van der Waals surface area contributed by atoms with Crippen LogP contribution in [0.1, 0.15) is 56.8 Å². The van der Waals surface area contributed by atoms with Crippen molar-refractivity contribution in [1.82, 2.24) is 34.1 Å². The fourth-order valence-electron chi connectivity index (χ4n) is 5.87. The van der Waals surface area contributed by atoms with Gasteiger partial charge in [0.25, 0.3) is 5.56 Å². The Balaban J connectivity index is 1.29. The number of amides is 1. The molecule has 0 radical (unpaired) electrons. The van der Waals surface area contributed by atoms with E-state index in [0.717, 1.165) is 52.9 Å². The van der Waals surface area contributed by atoms with Gasteiger partial charge >= 0.3 is 0 Å². The molecule has 218 valence electrons. The van der Waals surface area contributed by atoms with E-state index < -0.39 is 0 Å². The number of benzene rings is 1. The van der Waals surface area contributed by atoms with Crippen LogP contribution in [0.4, 0.5) is 5.69 Å². The number of rotatable bonds is 4. The van der Waals surface area contributed by atoms with E-state index >= 15 is 0 Å². The molecular weight excluding hydrogens is 564 g/mol. The van der Waals surface area contributed by atoms with Gasteiger partial charge in [-0.25, -0.2) is 4.98 Å². The van der Waals surface area contributed by atoms with Crippen molar-refractivity contribution in [2.24, 2.45) is 13.0 Å². The van der Waals surface area contributed by atoms with Crippen molar-refractivity contribution in [3.63, 3.8) is 0 Å². The number of aryl methyl sites for hydroxylation is 1. The molecule has 2 bridgehead atoms. The third-order valence-corrected chi connectivity index (χ3v) is 8.65. The van der Waals surface area contributed by atoms with Gasteiger partial charge in [0.1, 0.15) is 0 Å². The van der Waals surface area contributed by atoms with Gasteiger partial charge in [0.2, 0.25) is 5.91 Å². The molecule has 5 heterocycles. The molecule has 0 saturated heterocycles. The van der Waals surface area contributed by atoms with Gasteiger partial charge in [-0.15, -0.1) is 0 Å². The SMILES string of the molecule is CC1CCCC(n2cnc(-c3cc(Cl)ccc3-c3cnn(C4CC4)c3)cc2=O)c2cc(ccn2)-c2c(cnn2C)NC1=O. The summed E-state index contributed by atoms with van der Waals surface area (Å²) < 4.78 is 5.38. The van der Waals surface area contributed by atoms with Crippen molar-refractivity contribution in [1.29, 1.82) is 0 Å². The summed E-state index contributed by atoms with van der Waals surface area (Å²) in [5, 5.41) is 12.5. The Morgan fingerprint density at radius 3 is 2.60 bits per heavy atom. The van der Waals surface area contributed by atoms with Gasteiger partial charge in [-0.3, -0.25) is 28.5 Å². The maximum Gasteiger partial charge on any atom is 0.254 e. The minimum atomic E-state index is -0.365. The molecule has 7 rings (SSSR count). The molecule has 2 atom stereocenters. The Hall–Kier alpha value is -4.57. The zero-order valence-electron chi connectivity index (χ0n) is 23.9. The van der Waals surface area contributed by atoms with Crippen LogP contribution < -0.4 is 10.9 Å². The zero-order valence-corrected chi connectivity index (χ0v) is 24.7. The highest BCUT2D eigenvalue weighted by atomic mass is 35.5. The number of hydrogen-bond donors (Lipinski definition) is 1. The summed E-state index contributed by atoms with van der Waals surface area (Å²) in [6, 6.07) is 11.2. The van der Waals surface area contributed by atoms with Crippen LogP contribution in [0.3, 0.4) is 0 Å². The van der Waals surface area contributed by atoms with Gasteiger partial charge in [0, 0.05) is 53.1 Å². The molecular formula is C32H31ClN8O2. The first-order chi connectivity index (χ1) is 20.9. The van der Waals surface area contributed by atoms with Crippen LogP contribution in [0, 0.1) is 5.92 Å². The van der Waals surface area contributed by atoms with E-state index in [1.807, 2.05) is 61.4 Å². The number of nitrogens with one attached hydrogen (secondary N) is 1. The number of aromatic nitrogens is 7. The Labute approximate surface area is 253 Å². The van der Waals surface area contributed by atoms with E-state index in [9.17, 15) is 9.59 Å². The highest BCUT2D eigenvalue weighted by molar-refractivity contribution is 6.31. The Morgan fingerprint density at radius 2 is 1.79 bits per heavy atom. The average molecular weight is 595 g/mol. The number of anilines is 1. The molecule has 1 saturated carbocycles. The molecule has 0 spiro atoms. The van der Waals surface area contributed by atoms with Gasteiger partial charge in [0.05, 0.1) is 53.6 Å². The molecule has 1 aromatic carbocycles. The molecule has 43 heavy (non-hydrogen) atoms. The van der Waals surface area contributed by atoms with E-state index in [0.29, 0.717) is 35.3 Å². The third kappa shape index (κ3) is 5.27. The fourth-order valence-corrected chi connectivity index (χ4v) is 6.04. The third-order valence-electron chi connectivity index (χ3n) is 8.42. The van der Waals surface area contributed by atoms with Gasteiger partial charge in [-0.1, -0.05) is 31.0 Å². The van der Waals surface area contributed by atoms with Crippen molar-refractivity contribution in [2.75, 3.05) is 5.32 Å². The van der Waals surface area contributed by atoms with Crippen molar-refractivity contribution in [3.05, 3.63) is 88.6 Å².